The molecule has 7 nitrogen and oxygen atoms in total. The van der Waals surface area contributed by atoms with Crippen LogP contribution in [0.4, 0.5) is 0 Å². The van der Waals surface area contributed by atoms with Crippen LogP contribution in [0.3, 0.4) is 0 Å². The van der Waals surface area contributed by atoms with Crippen molar-refractivity contribution in [2.24, 2.45) is 0 Å². The molecule has 0 aliphatic heterocycles. The Hall–Kier alpha value is -1.51. The first kappa shape index (κ1) is 12.9. The van der Waals surface area contributed by atoms with Crippen LogP contribution in [0, 0.1) is 0 Å². The van der Waals surface area contributed by atoms with E-state index in [9.17, 15) is 8.42 Å². The van der Waals surface area contributed by atoms with Gasteiger partial charge in [0.15, 0.2) is 6.33 Å². The second kappa shape index (κ2) is 5.42. The Labute approximate surface area is 108 Å². The van der Waals surface area contributed by atoms with Gasteiger partial charge in [-0.3, -0.25) is 4.98 Å². The van der Waals surface area contributed by atoms with Gasteiger partial charge in [0, 0.05) is 25.4 Å². The van der Waals surface area contributed by atoms with E-state index in [-0.39, 0.29) is 16.5 Å². The molecule has 2 heterocycles. The van der Waals surface area contributed by atoms with Gasteiger partial charge >= 0.3 is 0 Å². The maximum Gasteiger partial charge on any atom is 0.243 e. The molecule has 2 aromatic heterocycles. The Morgan fingerprint density at radius 3 is 2.94 bits per heavy atom. The number of hydrogen-bond donors (Lipinski definition) is 1. The van der Waals surface area contributed by atoms with Gasteiger partial charge in [-0.25, -0.2) is 13.1 Å². The molecule has 0 amide bonds. The van der Waals surface area contributed by atoms with Crippen LogP contribution in [0.1, 0.15) is 5.89 Å². The van der Waals surface area contributed by atoms with Crippen molar-refractivity contribution in [2.75, 3.05) is 6.54 Å². The lowest BCUT2D eigenvalue weighted by atomic mass is 10.4. The topological polar surface area (TPSA) is 98.0 Å². The van der Waals surface area contributed by atoms with Crippen LogP contribution in [0.15, 0.2) is 34.2 Å². The predicted octanol–water partition coefficient (Wildman–Crippen LogP) is 0.639. The molecular weight excluding hydrogens is 280 g/mol. The van der Waals surface area contributed by atoms with Crippen molar-refractivity contribution in [3.63, 3.8) is 0 Å². The third-order valence-corrected chi connectivity index (χ3v) is 3.99. The quantitative estimate of drug-likeness (QED) is 0.867. The molecule has 18 heavy (non-hydrogen) atoms. The lowest BCUT2D eigenvalue weighted by Crippen LogP contribution is -2.26. The molecular formula is C9H9ClN4O3S. The first-order valence-electron chi connectivity index (χ1n) is 4.94. The van der Waals surface area contributed by atoms with Crippen LogP contribution >= 0.6 is 11.6 Å². The molecule has 9 heteroatoms. The van der Waals surface area contributed by atoms with Gasteiger partial charge in [0.25, 0.3) is 0 Å². The minimum Gasteiger partial charge on any atom is -0.340 e. The van der Waals surface area contributed by atoms with Crippen LogP contribution in [0.2, 0.25) is 5.02 Å². The van der Waals surface area contributed by atoms with E-state index in [1.54, 1.807) is 0 Å². The van der Waals surface area contributed by atoms with Crippen molar-refractivity contribution in [2.45, 2.75) is 11.3 Å². The fourth-order valence-electron chi connectivity index (χ4n) is 1.24. The highest BCUT2D eigenvalue weighted by Crippen LogP contribution is 2.18. The fourth-order valence-corrected chi connectivity index (χ4v) is 2.70. The van der Waals surface area contributed by atoms with E-state index in [2.05, 4.69) is 19.8 Å². The number of pyridine rings is 1. The van der Waals surface area contributed by atoms with E-state index in [1.807, 2.05) is 0 Å². The van der Waals surface area contributed by atoms with Gasteiger partial charge < -0.3 is 4.52 Å². The zero-order valence-corrected chi connectivity index (χ0v) is 10.6. The summed E-state index contributed by atoms with van der Waals surface area (Å²) >= 11 is 5.79. The molecule has 0 aliphatic carbocycles. The van der Waals surface area contributed by atoms with E-state index >= 15 is 0 Å². The molecule has 0 radical (unpaired) electrons. The Kier molecular flexibility index (Phi) is 3.90. The number of sulfonamides is 1. The number of nitrogens with one attached hydrogen (secondary N) is 1. The third-order valence-electron chi connectivity index (χ3n) is 2.06. The average Bonchev–Trinajstić information content (AvgIpc) is 2.82. The molecule has 0 spiro atoms. The molecule has 2 rings (SSSR count). The highest BCUT2D eigenvalue weighted by molar-refractivity contribution is 7.89. The molecule has 0 aromatic carbocycles. The van der Waals surface area contributed by atoms with E-state index in [4.69, 9.17) is 16.1 Å². The van der Waals surface area contributed by atoms with Crippen molar-refractivity contribution >= 4 is 21.6 Å². The largest absolute Gasteiger partial charge is 0.340 e. The summed E-state index contributed by atoms with van der Waals surface area (Å²) in [4.78, 5) is 7.44. The average molecular weight is 289 g/mol. The Balaban J connectivity index is 2.02. The smallest absolute Gasteiger partial charge is 0.243 e. The number of hydrogen-bond acceptors (Lipinski definition) is 6. The zero-order chi connectivity index (χ0) is 13.0. The van der Waals surface area contributed by atoms with Gasteiger partial charge in [-0.05, 0) is 6.07 Å². The second-order valence-electron chi connectivity index (χ2n) is 3.29. The lowest BCUT2D eigenvalue weighted by Gasteiger charge is -2.06. The lowest BCUT2D eigenvalue weighted by molar-refractivity contribution is 0.377. The normalized spacial score (nSPS) is 11.6. The molecule has 0 saturated carbocycles. The van der Waals surface area contributed by atoms with Gasteiger partial charge in [-0.15, -0.1) is 0 Å². The first-order chi connectivity index (χ1) is 8.59. The Morgan fingerprint density at radius 1 is 1.44 bits per heavy atom. The molecule has 1 N–H and O–H groups in total. The number of nitrogens with zero attached hydrogens (tertiary/aromatic N) is 3. The second-order valence-corrected chi connectivity index (χ2v) is 5.43. The van der Waals surface area contributed by atoms with Crippen molar-refractivity contribution in [1.82, 2.24) is 19.8 Å². The molecule has 0 saturated heterocycles. The van der Waals surface area contributed by atoms with Gasteiger partial charge in [-0.2, -0.15) is 4.98 Å². The van der Waals surface area contributed by atoms with Gasteiger partial charge in [0.2, 0.25) is 15.9 Å². The van der Waals surface area contributed by atoms with Gasteiger partial charge in [-0.1, -0.05) is 16.8 Å². The van der Waals surface area contributed by atoms with Gasteiger partial charge in [0.1, 0.15) is 4.90 Å². The molecule has 0 atom stereocenters. The highest BCUT2D eigenvalue weighted by Gasteiger charge is 2.17. The van der Waals surface area contributed by atoms with Crippen LogP contribution in [-0.4, -0.2) is 30.1 Å². The van der Waals surface area contributed by atoms with Crippen molar-refractivity contribution < 1.29 is 12.9 Å². The Morgan fingerprint density at radius 2 is 2.28 bits per heavy atom. The number of rotatable bonds is 5. The summed E-state index contributed by atoms with van der Waals surface area (Å²) in [7, 11) is -3.68. The molecule has 96 valence electrons. The number of aromatic nitrogens is 3. The minimum atomic E-state index is -3.68. The predicted molar refractivity (Wildman–Crippen MR) is 62.4 cm³/mol. The summed E-state index contributed by atoms with van der Waals surface area (Å²) in [6.45, 7) is 0.135. The molecule has 0 fully saturated rings. The first-order valence-corrected chi connectivity index (χ1v) is 6.80. The minimum absolute atomic E-state index is 0.0582. The van der Waals surface area contributed by atoms with Crippen LogP contribution in [0.5, 0.6) is 0 Å². The zero-order valence-electron chi connectivity index (χ0n) is 9.08. The summed E-state index contributed by atoms with van der Waals surface area (Å²) in [5.74, 6) is 0.356. The third kappa shape index (κ3) is 3.03. The van der Waals surface area contributed by atoms with Crippen molar-refractivity contribution in [1.29, 1.82) is 0 Å². The standard InChI is InChI=1S/C9H9ClN4O3S/c10-7-1-3-11-5-8(7)18(15,16)14-4-2-9-12-6-13-17-9/h1,3,5-6,14H,2,4H2. The monoisotopic (exact) mass is 288 g/mol. The number of halogens is 1. The van der Waals surface area contributed by atoms with Crippen molar-refractivity contribution in [3.05, 3.63) is 35.7 Å². The van der Waals surface area contributed by atoms with E-state index < -0.39 is 10.0 Å². The highest BCUT2D eigenvalue weighted by atomic mass is 35.5. The maximum absolute atomic E-state index is 11.9. The van der Waals surface area contributed by atoms with Crippen LogP contribution < -0.4 is 4.72 Å². The SMILES string of the molecule is O=S(=O)(NCCc1ncno1)c1cnccc1Cl. The fraction of sp³-hybridized carbons (Fsp3) is 0.222. The van der Waals surface area contributed by atoms with Crippen LogP contribution in [-0.2, 0) is 16.4 Å². The van der Waals surface area contributed by atoms with Crippen molar-refractivity contribution in [3.8, 4) is 0 Å². The molecule has 0 unspecified atom stereocenters. The van der Waals surface area contributed by atoms with E-state index in [0.717, 1.165) is 0 Å². The van der Waals surface area contributed by atoms with E-state index in [1.165, 1.54) is 24.8 Å². The molecule has 2 aromatic rings. The summed E-state index contributed by atoms with van der Waals surface area (Å²) in [6, 6.07) is 1.41. The van der Waals surface area contributed by atoms with E-state index in [0.29, 0.717) is 12.3 Å². The molecule has 0 bridgehead atoms. The summed E-state index contributed by atoms with van der Waals surface area (Å²) in [6.07, 6.45) is 4.16. The maximum atomic E-state index is 11.9. The van der Waals surface area contributed by atoms with Crippen LogP contribution in [0.25, 0.3) is 0 Å². The summed E-state index contributed by atoms with van der Waals surface area (Å²) < 4.78 is 30.9. The Bertz CT molecular complexity index is 615. The summed E-state index contributed by atoms with van der Waals surface area (Å²) in [5, 5.41) is 3.54. The molecule has 0 aliphatic rings. The van der Waals surface area contributed by atoms with Gasteiger partial charge in [0.05, 0.1) is 5.02 Å². The summed E-state index contributed by atoms with van der Waals surface area (Å²) in [5.41, 5.74) is 0.